The minimum Gasteiger partial charge on any atom is -0.353 e. The van der Waals surface area contributed by atoms with Gasteiger partial charge in [0.15, 0.2) is 18.8 Å². The van der Waals surface area contributed by atoms with Gasteiger partial charge in [0.2, 0.25) is 0 Å². The van der Waals surface area contributed by atoms with E-state index in [1.807, 2.05) is 0 Å². The Morgan fingerprint density at radius 1 is 1.10 bits per heavy atom. The molecule has 1 N–H and O–H groups in total. The van der Waals surface area contributed by atoms with Crippen molar-refractivity contribution >= 4 is 0 Å². The molecular weight excluding hydrogens is 380 g/mol. The number of H-pyrrole nitrogens is 1. The summed E-state index contributed by atoms with van der Waals surface area (Å²) in [5, 5.41) is 0. The summed E-state index contributed by atoms with van der Waals surface area (Å²) >= 11 is 0. The van der Waals surface area contributed by atoms with E-state index in [9.17, 15) is 9.59 Å². The van der Waals surface area contributed by atoms with Crippen LogP contribution in [0.25, 0.3) is 0 Å². The molecule has 3 unspecified atom stereocenters. The third-order valence-electron chi connectivity index (χ3n) is 5.64. The Bertz CT molecular complexity index is 780. The van der Waals surface area contributed by atoms with Crippen molar-refractivity contribution in [2.45, 2.75) is 82.9 Å². The molecule has 3 fully saturated rings. The lowest BCUT2D eigenvalue weighted by molar-refractivity contribution is -0.207. The van der Waals surface area contributed by atoms with Crippen LogP contribution >= 0.6 is 0 Å². The van der Waals surface area contributed by atoms with Gasteiger partial charge in [0.25, 0.3) is 5.56 Å². The van der Waals surface area contributed by atoms with E-state index < -0.39 is 17.5 Å². The summed E-state index contributed by atoms with van der Waals surface area (Å²) in [6.45, 7) is 3.41. The third-order valence-corrected chi connectivity index (χ3v) is 5.64. The maximum absolute atomic E-state index is 12.4. The number of hydrogen-bond acceptors (Lipinski definition) is 7. The number of aromatic nitrogens is 2. The number of nitrogens with zero attached hydrogens (tertiary/aromatic N) is 1. The maximum Gasteiger partial charge on any atom is 0.330 e. The van der Waals surface area contributed by atoms with E-state index >= 15 is 0 Å². The van der Waals surface area contributed by atoms with Crippen LogP contribution in [0.15, 0.2) is 15.8 Å². The second kappa shape index (κ2) is 9.53. The zero-order valence-electron chi connectivity index (χ0n) is 16.8. The van der Waals surface area contributed by atoms with Gasteiger partial charge in [-0.3, -0.25) is 14.3 Å². The average Bonchev–Trinajstić information content (AvgIpc) is 3.13. The molecule has 0 aliphatic carbocycles. The number of hydrogen-bond donors (Lipinski definition) is 1. The monoisotopic (exact) mass is 410 g/mol. The van der Waals surface area contributed by atoms with Gasteiger partial charge in [-0.05, 0) is 45.4 Å². The zero-order valence-corrected chi connectivity index (χ0v) is 16.8. The Morgan fingerprint density at radius 2 is 1.83 bits per heavy atom. The predicted octanol–water partition coefficient (Wildman–Crippen LogP) is 1.59. The van der Waals surface area contributed by atoms with Crippen LogP contribution in [0.1, 0.15) is 56.7 Å². The molecule has 4 heterocycles. The van der Waals surface area contributed by atoms with Gasteiger partial charge < -0.3 is 23.7 Å². The first-order valence-electron chi connectivity index (χ1n) is 10.6. The van der Waals surface area contributed by atoms with Gasteiger partial charge >= 0.3 is 5.69 Å². The van der Waals surface area contributed by atoms with Crippen molar-refractivity contribution < 1.29 is 23.7 Å². The van der Waals surface area contributed by atoms with E-state index in [4.69, 9.17) is 23.7 Å². The molecule has 0 spiro atoms. The van der Waals surface area contributed by atoms with Crippen LogP contribution < -0.4 is 11.2 Å². The van der Waals surface area contributed by atoms with Gasteiger partial charge in [0.05, 0.1) is 12.7 Å². The number of ether oxygens (including phenoxy) is 5. The molecule has 0 saturated carbocycles. The van der Waals surface area contributed by atoms with Crippen LogP contribution in [0.2, 0.25) is 0 Å². The summed E-state index contributed by atoms with van der Waals surface area (Å²) in [6, 6.07) is 0. The van der Waals surface area contributed by atoms with Crippen LogP contribution in [-0.2, 0) is 23.7 Å². The van der Waals surface area contributed by atoms with Gasteiger partial charge in [-0.15, -0.1) is 0 Å². The van der Waals surface area contributed by atoms with Crippen molar-refractivity contribution in [3.05, 3.63) is 32.6 Å². The molecule has 0 aromatic carbocycles. The summed E-state index contributed by atoms with van der Waals surface area (Å²) in [7, 11) is 0. The quantitative estimate of drug-likeness (QED) is 0.760. The molecule has 3 aliphatic heterocycles. The van der Waals surface area contributed by atoms with Crippen molar-refractivity contribution in [2.24, 2.45) is 0 Å². The lowest BCUT2D eigenvalue weighted by Gasteiger charge is -2.28. The highest BCUT2D eigenvalue weighted by Gasteiger charge is 2.40. The van der Waals surface area contributed by atoms with Crippen molar-refractivity contribution in [3.63, 3.8) is 0 Å². The topological polar surface area (TPSA) is 101 Å². The second-order valence-corrected chi connectivity index (χ2v) is 7.96. The molecular formula is C20H30N2O7. The second-order valence-electron chi connectivity index (χ2n) is 7.96. The average molecular weight is 410 g/mol. The largest absolute Gasteiger partial charge is 0.353 e. The molecule has 3 aliphatic rings. The molecule has 0 amide bonds. The first-order valence-corrected chi connectivity index (χ1v) is 10.6. The first kappa shape index (κ1) is 20.7. The Morgan fingerprint density at radius 3 is 2.52 bits per heavy atom. The van der Waals surface area contributed by atoms with Crippen molar-refractivity contribution in [3.8, 4) is 0 Å². The van der Waals surface area contributed by atoms with Crippen molar-refractivity contribution in [1.82, 2.24) is 9.55 Å². The smallest absolute Gasteiger partial charge is 0.330 e. The third kappa shape index (κ3) is 5.16. The fraction of sp³-hybridized carbons (Fsp3) is 0.800. The molecule has 0 radical (unpaired) electrons. The summed E-state index contributed by atoms with van der Waals surface area (Å²) in [5.74, 6) is 0. The Labute approximate surface area is 169 Å². The summed E-state index contributed by atoms with van der Waals surface area (Å²) in [4.78, 5) is 26.5. The van der Waals surface area contributed by atoms with E-state index in [0.29, 0.717) is 25.2 Å². The van der Waals surface area contributed by atoms with E-state index in [1.165, 1.54) is 10.8 Å². The number of aryl methyl sites for hydroxylation is 1. The van der Waals surface area contributed by atoms with Crippen molar-refractivity contribution in [2.75, 3.05) is 19.8 Å². The van der Waals surface area contributed by atoms with Crippen LogP contribution in [-0.4, -0.2) is 54.2 Å². The van der Waals surface area contributed by atoms with Crippen LogP contribution in [0.3, 0.4) is 0 Å². The van der Waals surface area contributed by atoms with E-state index in [2.05, 4.69) is 4.98 Å². The number of aromatic amines is 1. The lowest BCUT2D eigenvalue weighted by atomic mass is 10.1. The summed E-state index contributed by atoms with van der Waals surface area (Å²) in [6.07, 6.45) is 6.26. The minimum absolute atomic E-state index is 0.203. The molecule has 29 heavy (non-hydrogen) atoms. The maximum atomic E-state index is 12.4. The van der Waals surface area contributed by atoms with Gasteiger partial charge in [0.1, 0.15) is 6.10 Å². The first-order chi connectivity index (χ1) is 14.1. The molecule has 9 nitrogen and oxygen atoms in total. The SMILES string of the molecule is Cc1cn([C@@H]2O[C@H](COC3CCCCO3)CC2OC2CCCCO2)c(=O)[nH]c1=O. The normalized spacial score (nSPS) is 33.1. The molecule has 0 bridgehead atoms. The highest BCUT2D eigenvalue weighted by atomic mass is 16.7. The van der Waals surface area contributed by atoms with Crippen molar-refractivity contribution in [1.29, 1.82) is 0 Å². The minimum atomic E-state index is -0.649. The Balaban J connectivity index is 1.47. The van der Waals surface area contributed by atoms with Crippen LogP contribution in [0.5, 0.6) is 0 Å². The van der Waals surface area contributed by atoms with Crippen LogP contribution in [0.4, 0.5) is 0 Å². The molecule has 5 atom stereocenters. The molecule has 4 rings (SSSR count). The molecule has 9 heteroatoms. The molecule has 1 aromatic rings. The fourth-order valence-electron chi connectivity index (χ4n) is 4.04. The van der Waals surface area contributed by atoms with E-state index in [1.54, 1.807) is 6.92 Å². The van der Waals surface area contributed by atoms with Gasteiger partial charge in [0, 0.05) is 31.4 Å². The number of rotatable bonds is 6. The highest BCUT2D eigenvalue weighted by molar-refractivity contribution is 5.02. The van der Waals surface area contributed by atoms with E-state index in [-0.39, 0.29) is 24.8 Å². The molecule has 162 valence electrons. The summed E-state index contributed by atoms with van der Waals surface area (Å²) in [5.41, 5.74) is -0.469. The highest BCUT2D eigenvalue weighted by Crippen LogP contribution is 2.33. The lowest BCUT2D eigenvalue weighted by Crippen LogP contribution is -2.38. The van der Waals surface area contributed by atoms with E-state index in [0.717, 1.165) is 45.1 Å². The Kier molecular flexibility index (Phi) is 6.81. The Hall–Kier alpha value is -1.52. The standard InChI is InChI=1S/C20H30N2O7/c1-13-11-22(20(24)21-18(13)23)19-15(29-17-7-3-5-9-26-17)10-14(28-19)12-27-16-6-2-4-8-25-16/h11,14-17,19H,2-10,12H2,1H3,(H,21,23,24)/t14-,15?,16?,17?,19+/m0/s1. The predicted molar refractivity (Wildman–Crippen MR) is 103 cm³/mol. The van der Waals surface area contributed by atoms with Gasteiger partial charge in [-0.1, -0.05) is 0 Å². The van der Waals surface area contributed by atoms with Crippen LogP contribution in [0, 0.1) is 6.92 Å². The molecule has 3 saturated heterocycles. The fourth-order valence-corrected chi connectivity index (χ4v) is 4.04. The van der Waals surface area contributed by atoms with Gasteiger partial charge in [-0.2, -0.15) is 0 Å². The molecule has 1 aromatic heterocycles. The summed E-state index contributed by atoms with van der Waals surface area (Å²) < 4.78 is 31.0. The van der Waals surface area contributed by atoms with Gasteiger partial charge in [-0.25, -0.2) is 4.79 Å². The number of nitrogens with one attached hydrogen (secondary N) is 1. The zero-order chi connectivity index (χ0) is 20.2.